The Bertz CT molecular complexity index is 303. The minimum absolute atomic E-state index is 0.131. The lowest BCUT2D eigenvalue weighted by Gasteiger charge is -2.35. The molecule has 0 aromatic heterocycles. The van der Waals surface area contributed by atoms with Gasteiger partial charge in [0.15, 0.2) is 0 Å². The highest BCUT2D eigenvalue weighted by molar-refractivity contribution is 5.76. The average Bonchev–Trinajstić information content (AvgIpc) is 2.46. The lowest BCUT2D eigenvalue weighted by atomic mass is 10.2. The Labute approximate surface area is 118 Å². The van der Waals surface area contributed by atoms with Gasteiger partial charge in [0.1, 0.15) is 0 Å². The predicted octanol–water partition coefficient (Wildman–Crippen LogP) is -0.309. The van der Waals surface area contributed by atoms with E-state index in [9.17, 15) is 13.6 Å². The van der Waals surface area contributed by atoms with Crippen molar-refractivity contribution in [2.45, 2.75) is 12.8 Å². The maximum atomic E-state index is 12.3. The number of alkyl halides is 2. The zero-order chi connectivity index (χ0) is 14.4. The molecule has 2 heterocycles. The van der Waals surface area contributed by atoms with E-state index in [4.69, 9.17) is 0 Å². The van der Waals surface area contributed by atoms with E-state index in [1.165, 1.54) is 0 Å². The van der Waals surface area contributed by atoms with Crippen LogP contribution >= 0.6 is 0 Å². The van der Waals surface area contributed by atoms with Crippen molar-refractivity contribution in [3.63, 3.8) is 0 Å². The molecule has 116 valence electrons. The highest BCUT2D eigenvalue weighted by atomic mass is 19.3. The first-order valence-corrected chi connectivity index (χ1v) is 7.36. The molecule has 0 spiro atoms. The highest BCUT2D eigenvalue weighted by Gasteiger charge is 2.21. The van der Waals surface area contributed by atoms with E-state index in [2.05, 4.69) is 10.2 Å². The molecule has 0 unspecified atom stereocenters. The molecule has 20 heavy (non-hydrogen) atoms. The Hall–Kier alpha value is -0.790. The molecule has 2 rings (SSSR count). The normalized spacial score (nSPS) is 22.4. The number of hydrogen-bond acceptors (Lipinski definition) is 4. The number of carbonyl (C=O) groups is 1. The number of hydrogen-bond donors (Lipinski definition) is 1. The van der Waals surface area contributed by atoms with E-state index < -0.39 is 6.43 Å². The number of halogens is 2. The first kappa shape index (κ1) is 15.6. The fraction of sp³-hybridized carbons (Fsp3) is 0.923. The summed E-state index contributed by atoms with van der Waals surface area (Å²) < 4.78 is 24.5. The minimum Gasteiger partial charge on any atom is -0.340 e. The van der Waals surface area contributed by atoms with Crippen LogP contribution in [-0.2, 0) is 4.79 Å². The first-order valence-electron chi connectivity index (χ1n) is 7.36. The quantitative estimate of drug-likeness (QED) is 0.754. The number of nitrogens with zero attached hydrogens (tertiary/aromatic N) is 3. The zero-order valence-corrected chi connectivity index (χ0v) is 11.9. The van der Waals surface area contributed by atoms with Gasteiger partial charge in [0, 0.05) is 65.3 Å². The summed E-state index contributed by atoms with van der Waals surface area (Å²) in [5.41, 5.74) is 0. The smallest absolute Gasteiger partial charge is 0.251 e. The summed E-state index contributed by atoms with van der Waals surface area (Å²) in [6.45, 7) is 6.85. The van der Waals surface area contributed by atoms with Crippen LogP contribution in [0.4, 0.5) is 8.78 Å². The van der Waals surface area contributed by atoms with E-state index in [1.54, 1.807) is 4.90 Å². The average molecular weight is 290 g/mol. The maximum Gasteiger partial charge on any atom is 0.251 e. The number of piperazine rings is 2. The number of carbonyl (C=O) groups excluding carboxylic acids is 1. The minimum atomic E-state index is -2.25. The molecular weight excluding hydrogens is 266 g/mol. The van der Waals surface area contributed by atoms with Gasteiger partial charge in [-0.3, -0.25) is 9.69 Å². The van der Waals surface area contributed by atoms with Crippen LogP contribution in [0.3, 0.4) is 0 Å². The van der Waals surface area contributed by atoms with Crippen molar-refractivity contribution in [2.75, 3.05) is 65.4 Å². The van der Waals surface area contributed by atoms with Crippen molar-refractivity contribution in [2.24, 2.45) is 0 Å². The summed E-state index contributed by atoms with van der Waals surface area (Å²) in [5.74, 6) is 0.210. The summed E-state index contributed by atoms with van der Waals surface area (Å²) in [6.07, 6.45) is -1.72. The Morgan fingerprint density at radius 3 is 2.20 bits per heavy atom. The van der Waals surface area contributed by atoms with Crippen LogP contribution in [0.2, 0.25) is 0 Å². The molecule has 0 bridgehead atoms. The van der Waals surface area contributed by atoms with Crippen molar-refractivity contribution >= 4 is 5.91 Å². The van der Waals surface area contributed by atoms with E-state index in [1.807, 2.05) is 4.90 Å². The Kier molecular flexibility index (Phi) is 6.12. The van der Waals surface area contributed by atoms with Gasteiger partial charge in [-0.2, -0.15) is 0 Å². The molecule has 5 nitrogen and oxygen atoms in total. The Morgan fingerprint density at radius 1 is 1.00 bits per heavy atom. The van der Waals surface area contributed by atoms with Gasteiger partial charge in [-0.25, -0.2) is 8.78 Å². The molecule has 2 aliphatic rings. The summed E-state index contributed by atoms with van der Waals surface area (Å²) in [7, 11) is 0. The van der Waals surface area contributed by atoms with Gasteiger partial charge >= 0.3 is 0 Å². The second-order valence-electron chi connectivity index (χ2n) is 5.41. The molecule has 0 radical (unpaired) electrons. The molecule has 1 N–H and O–H groups in total. The van der Waals surface area contributed by atoms with Crippen molar-refractivity contribution in [1.82, 2.24) is 20.0 Å². The maximum absolute atomic E-state index is 12.3. The second kappa shape index (κ2) is 7.85. The van der Waals surface area contributed by atoms with Crippen LogP contribution in [0.5, 0.6) is 0 Å². The van der Waals surface area contributed by atoms with Gasteiger partial charge in [0.2, 0.25) is 5.91 Å². The Morgan fingerprint density at radius 2 is 1.60 bits per heavy atom. The van der Waals surface area contributed by atoms with Gasteiger partial charge in [0.05, 0.1) is 6.54 Å². The third-order valence-electron chi connectivity index (χ3n) is 3.97. The van der Waals surface area contributed by atoms with E-state index in [-0.39, 0.29) is 12.5 Å². The lowest BCUT2D eigenvalue weighted by molar-refractivity contribution is -0.132. The van der Waals surface area contributed by atoms with Crippen molar-refractivity contribution in [3.05, 3.63) is 0 Å². The number of amides is 1. The molecular formula is C13H24F2N4O. The summed E-state index contributed by atoms with van der Waals surface area (Å²) in [5, 5.41) is 3.22. The third kappa shape index (κ3) is 4.96. The topological polar surface area (TPSA) is 38.8 Å². The van der Waals surface area contributed by atoms with Crippen LogP contribution in [0.1, 0.15) is 6.42 Å². The molecule has 1 amide bonds. The van der Waals surface area contributed by atoms with Crippen LogP contribution < -0.4 is 5.32 Å². The molecule has 0 aromatic rings. The molecule has 0 saturated carbocycles. The standard InChI is InChI=1S/C13H24F2N4O/c14-12(15)11-18-9-7-17(8-10-18)4-1-13(20)19-5-2-16-3-6-19/h12,16H,1-11H2. The summed E-state index contributed by atoms with van der Waals surface area (Å²) in [6, 6.07) is 0. The van der Waals surface area contributed by atoms with Crippen LogP contribution in [0.25, 0.3) is 0 Å². The molecule has 0 aliphatic carbocycles. The monoisotopic (exact) mass is 290 g/mol. The largest absolute Gasteiger partial charge is 0.340 e. The molecule has 0 aromatic carbocycles. The summed E-state index contributed by atoms with van der Waals surface area (Å²) in [4.78, 5) is 17.9. The fourth-order valence-corrected chi connectivity index (χ4v) is 2.72. The molecule has 0 atom stereocenters. The fourth-order valence-electron chi connectivity index (χ4n) is 2.72. The zero-order valence-electron chi connectivity index (χ0n) is 11.9. The Balaban J connectivity index is 1.61. The number of rotatable bonds is 5. The van der Waals surface area contributed by atoms with Crippen molar-refractivity contribution < 1.29 is 13.6 Å². The lowest BCUT2D eigenvalue weighted by Crippen LogP contribution is -2.50. The molecule has 7 heteroatoms. The van der Waals surface area contributed by atoms with Gasteiger partial charge in [0.25, 0.3) is 6.43 Å². The van der Waals surface area contributed by atoms with Gasteiger partial charge in [-0.15, -0.1) is 0 Å². The SMILES string of the molecule is O=C(CCN1CCN(CC(F)F)CC1)N1CCNCC1. The number of nitrogens with one attached hydrogen (secondary N) is 1. The van der Waals surface area contributed by atoms with Crippen molar-refractivity contribution in [3.8, 4) is 0 Å². The van der Waals surface area contributed by atoms with E-state index in [0.29, 0.717) is 19.5 Å². The predicted molar refractivity (Wildman–Crippen MR) is 73.0 cm³/mol. The molecule has 2 saturated heterocycles. The van der Waals surface area contributed by atoms with Gasteiger partial charge in [-0.05, 0) is 0 Å². The van der Waals surface area contributed by atoms with Crippen LogP contribution in [-0.4, -0.2) is 92.5 Å². The van der Waals surface area contributed by atoms with Gasteiger partial charge in [-0.1, -0.05) is 0 Å². The van der Waals surface area contributed by atoms with E-state index in [0.717, 1.165) is 45.8 Å². The van der Waals surface area contributed by atoms with Crippen LogP contribution in [0, 0.1) is 0 Å². The van der Waals surface area contributed by atoms with E-state index >= 15 is 0 Å². The summed E-state index contributed by atoms with van der Waals surface area (Å²) >= 11 is 0. The molecule has 2 fully saturated rings. The third-order valence-corrected chi connectivity index (χ3v) is 3.97. The first-order chi connectivity index (χ1) is 9.65. The van der Waals surface area contributed by atoms with Crippen molar-refractivity contribution in [1.29, 1.82) is 0 Å². The second-order valence-corrected chi connectivity index (χ2v) is 5.41. The highest BCUT2D eigenvalue weighted by Crippen LogP contribution is 2.06. The molecule has 2 aliphatic heterocycles. The van der Waals surface area contributed by atoms with Gasteiger partial charge < -0.3 is 15.1 Å². The van der Waals surface area contributed by atoms with Crippen LogP contribution in [0.15, 0.2) is 0 Å².